The van der Waals surface area contributed by atoms with Gasteiger partial charge in [0.2, 0.25) is 0 Å². The normalized spacial score (nSPS) is 16.0. The molecule has 3 atom stereocenters. The van der Waals surface area contributed by atoms with Crippen LogP contribution in [0.2, 0.25) is 0 Å². The average molecular weight is 450 g/mol. The van der Waals surface area contributed by atoms with Crippen molar-refractivity contribution >= 4 is 29.0 Å². The monoisotopic (exact) mass is 449 g/mol. The molecule has 162 valence electrons. The van der Waals surface area contributed by atoms with E-state index in [1.807, 2.05) is 50.2 Å². The molecule has 0 saturated carbocycles. The number of thiophene rings is 1. The van der Waals surface area contributed by atoms with Gasteiger partial charge in [-0.05, 0) is 62.5 Å². The number of fused-ring (bicyclic) bond motifs is 1. The minimum absolute atomic E-state index is 0.101. The van der Waals surface area contributed by atoms with Gasteiger partial charge in [0.15, 0.2) is 0 Å². The standard InChI is InChI=1S/C23H29FNO3PS/c1-5-16(2)28-29(26,27)21(14-17-10-6-8-12-20(17)24)23-19(15-25(3)4)18-11-7-9-13-22(18)30-23/h6-13,16,21H,5,14-15H2,1-4H3,(H,26,27). The van der Waals surface area contributed by atoms with E-state index >= 15 is 0 Å². The molecular weight excluding hydrogens is 420 g/mol. The van der Waals surface area contributed by atoms with E-state index in [1.54, 1.807) is 25.1 Å². The third kappa shape index (κ3) is 5.19. The smallest absolute Gasteiger partial charge is 0.324 e. The third-order valence-corrected chi connectivity index (χ3v) is 8.57. The van der Waals surface area contributed by atoms with Crippen LogP contribution in [0.25, 0.3) is 10.1 Å². The first-order chi connectivity index (χ1) is 14.2. The van der Waals surface area contributed by atoms with Crippen LogP contribution in [0.5, 0.6) is 0 Å². The van der Waals surface area contributed by atoms with Gasteiger partial charge in [-0.25, -0.2) is 4.39 Å². The SMILES string of the molecule is CCC(C)OP(=O)(O)C(Cc1ccccc1F)c1sc2ccccc2c1CN(C)C. The lowest BCUT2D eigenvalue weighted by atomic mass is 10.0. The van der Waals surface area contributed by atoms with E-state index in [0.717, 1.165) is 20.5 Å². The van der Waals surface area contributed by atoms with Gasteiger partial charge in [0.05, 0.1) is 11.8 Å². The first-order valence-electron chi connectivity index (χ1n) is 10.1. The summed E-state index contributed by atoms with van der Waals surface area (Å²) >= 11 is 1.50. The van der Waals surface area contributed by atoms with Crippen molar-refractivity contribution in [1.82, 2.24) is 4.90 Å². The van der Waals surface area contributed by atoms with Crippen LogP contribution in [-0.4, -0.2) is 30.0 Å². The zero-order valence-corrected chi connectivity index (χ0v) is 19.6. The van der Waals surface area contributed by atoms with Crippen molar-refractivity contribution in [2.75, 3.05) is 14.1 Å². The molecule has 3 aromatic rings. The maximum atomic E-state index is 14.5. The predicted octanol–water partition coefficient (Wildman–Crippen LogP) is 6.39. The molecule has 1 N–H and O–H groups in total. The highest BCUT2D eigenvalue weighted by Crippen LogP contribution is 2.61. The van der Waals surface area contributed by atoms with Gasteiger partial charge in [-0.3, -0.25) is 4.57 Å². The molecule has 3 unspecified atom stereocenters. The fourth-order valence-electron chi connectivity index (χ4n) is 3.50. The Bertz CT molecular complexity index is 1050. The van der Waals surface area contributed by atoms with Crippen molar-refractivity contribution in [2.24, 2.45) is 0 Å². The van der Waals surface area contributed by atoms with Crippen LogP contribution in [-0.2, 0) is 22.1 Å². The van der Waals surface area contributed by atoms with Gasteiger partial charge in [0.1, 0.15) is 5.82 Å². The summed E-state index contributed by atoms with van der Waals surface area (Å²) in [6.45, 7) is 4.32. The molecule has 0 aliphatic rings. The lowest BCUT2D eigenvalue weighted by Gasteiger charge is -2.26. The number of halogens is 1. The molecule has 4 nitrogen and oxygen atoms in total. The number of benzene rings is 2. The fraction of sp³-hybridized carbons (Fsp3) is 0.391. The van der Waals surface area contributed by atoms with Gasteiger partial charge >= 0.3 is 7.60 Å². The first kappa shape index (κ1) is 23.1. The van der Waals surface area contributed by atoms with Crippen molar-refractivity contribution < 1.29 is 18.4 Å². The predicted molar refractivity (Wildman–Crippen MR) is 123 cm³/mol. The van der Waals surface area contributed by atoms with Gasteiger partial charge in [-0.2, -0.15) is 0 Å². The quantitative estimate of drug-likeness (QED) is 0.385. The van der Waals surface area contributed by atoms with Crippen LogP contribution in [0.15, 0.2) is 48.5 Å². The van der Waals surface area contributed by atoms with Gasteiger partial charge < -0.3 is 14.3 Å². The van der Waals surface area contributed by atoms with Crippen molar-refractivity contribution in [3.63, 3.8) is 0 Å². The van der Waals surface area contributed by atoms with Crippen LogP contribution in [0.1, 0.15) is 41.9 Å². The van der Waals surface area contributed by atoms with Crippen LogP contribution < -0.4 is 0 Å². The maximum absolute atomic E-state index is 14.5. The lowest BCUT2D eigenvalue weighted by molar-refractivity contribution is 0.179. The zero-order chi connectivity index (χ0) is 21.9. The Kier molecular flexibility index (Phi) is 7.48. The molecule has 0 aliphatic carbocycles. The average Bonchev–Trinajstić information content (AvgIpc) is 3.04. The number of nitrogens with zero attached hydrogens (tertiary/aromatic N) is 1. The first-order valence-corrected chi connectivity index (χ1v) is 12.6. The molecule has 0 spiro atoms. The Morgan fingerprint density at radius 3 is 2.50 bits per heavy atom. The minimum Gasteiger partial charge on any atom is -0.324 e. The molecule has 0 saturated heterocycles. The van der Waals surface area contributed by atoms with Crippen LogP contribution in [0.4, 0.5) is 4.39 Å². The van der Waals surface area contributed by atoms with Crippen LogP contribution in [0, 0.1) is 5.82 Å². The summed E-state index contributed by atoms with van der Waals surface area (Å²) in [5.74, 6) is -0.374. The second kappa shape index (κ2) is 9.71. The summed E-state index contributed by atoms with van der Waals surface area (Å²) in [6.07, 6.45) is 0.355. The van der Waals surface area contributed by atoms with Crippen molar-refractivity contribution in [1.29, 1.82) is 0 Å². The van der Waals surface area contributed by atoms with Crippen LogP contribution in [0.3, 0.4) is 0 Å². The van der Waals surface area contributed by atoms with E-state index < -0.39 is 13.3 Å². The number of hydrogen-bond acceptors (Lipinski definition) is 4. The highest BCUT2D eigenvalue weighted by molar-refractivity contribution is 7.53. The largest absolute Gasteiger partial charge is 0.336 e. The van der Waals surface area contributed by atoms with E-state index in [1.165, 1.54) is 17.4 Å². The molecule has 2 aromatic carbocycles. The van der Waals surface area contributed by atoms with E-state index in [0.29, 0.717) is 18.5 Å². The van der Waals surface area contributed by atoms with Crippen LogP contribution >= 0.6 is 18.9 Å². The molecule has 0 bridgehead atoms. The van der Waals surface area contributed by atoms with E-state index in [2.05, 4.69) is 0 Å². The fourth-order valence-corrected chi connectivity index (χ4v) is 6.95. The Morgan fingerprint density at radius 2 is 1.83 bits per heavy atom. The number of rotatable bonds is 9. The highest BCUT2D eigenvalue weighted by atomic mass is 32.1. The molecular formula is C23H29FNO3PS. The topological polar surface area (TPSA) is 49.8 Å². The van der Waals surface area contributed by atoms with Gasteiger partial charge in [-0.1, -0.05) is 43.3 Å². The molecule has 0 amide bonds. The summed E-state index contributed by atoms with van der Waals surface area (Å²) in [6, 6.07) is 14.4. The lowest BCUT2D eigenvalue weighted by Crippen LogP contribution is -2.15. The molecule has 3 rings (SSSR count). The van der Waals surface area contributed by atoms with Crippen molar-refractivity contribution in [3.05, 3.63) is 70.4 Å². The molecule has 0 fully saturated rings. The Labute approximate surface area is 181 Å². The second-order valence-corrected chi connectivity index (χ2v) is 10.9. The summed E-state index contributed by atoms with van der Waals surface area (Å²) in [5, 5.41) is 1.06. The van der Waals surface area contributed by atoms with Crippen molar-refractivity contribution in [2.45, 2.75) is 45.0 Å². The molecule has 7 heteroatoms. The third-order valence-electron chi connectivity index (χ3n) is 5.18. The van der Waals surface area contributed by atoms with Crippen molar-refractivity contribution in [3.8, 4) is 0 Å². The summed E-state index contributed by atoms with van der Waals surface area (Å²) in [7, 11) is -0.146. The second-order valence-electron chi connectivity index (χ2n) is 7.88. The summed E-state index contributed by atoms with van der Waals surface area (Å²) in [5.41, 5.74) is 0.581. The summed E-state index contributed by atoms with van der Waals surface area (Å²) in [4.78, 5) is 13.9. The molecule has 1 aromatic heterocycles. The maximum Gasteiger partial charge on any atom is 0.336 e. The Balaban J connectivity index is 2.16. The highest BCUT2D eigenvalue weighted by Gasteiger charge is 2.39. The zero-order valence-electron chi connectivity index (χ0n) is 17.8. The van der Waals surface area contributed by atoms with Gasteiger partial charge in [0.25, 0.3) is 0 Å². The molecule has 30 heavy (non-hydrogen) atoms. The Morgan fingerprint density at radius 1 is 1.17 bits per heavy atom. The van der Waals surface area contributed by atoms with E-state index in [4.69, 9.17) is 4.52 Å². The van der Waals surface area contributed by atoms with Gasteiger partial charge in [-0.15, -0.1) is 11.3 Å². The number of hydrogen-bond donors (Lipinski definition) is 1. The van der Waals surface area contributed by atoms with E-state index in [9.17, 15) is 13.8 Å². The Hall–Kier alpha value is -1.56. The molecule has 0 radical (unpaired) electrons. The molecule has 1 heterocycles. The minimum atomic E-state index is -4.08. The molecule has 0 aliphatic heterocycles. The van der Waals surface area contributed by atoms with E-state index in [-0.39, 0.29) is 18.3 Å². The van der Waals surface area contributed by atoms with Gasteiger partial charge in [0, 0.05) is 16.1 Å². The summed E-state index contributed by atoms with van der Waals surface area (Å²) < 4.78 is 34.7.